The zero-order valence-corrected chi connectivity index (χ0v) is 14.0. The quantitative estimate of drug-likeness (QED) is 0.919. The minimum atomic E-state index is 0.623. The van der Waals surface area contributed by atoms with Gasteiger partial charge in [0.15, 0.2) is 0 Å². The summed E-state index contributed by atoms with van der Waals surface area (Å²) in [5.41, 5.74) is 1.58. The van der Waals surface area contributed by atoms with Gasteiger partial charge in [-0.25, -0.2) is 9.97 Å². The Morgan fingerprint density at radius 1 is 1.21 bits per heavy atom. The Labute approximate surface area is 142 Å². The highest BCUT2D eigenvalue weighted by Gasteiger charge is 2.21. The molecule has 0 amide bonds. The molecule has 1 aliphatic rings. The van der Waals surface area contributed by atoms with Crippen LogP contribution in [0.15, 0.2) is 24.4 Å². The molecule has 2 aromatic rings. The molecule has 0 spiro atoms. The first kappa shape index (κ1) is 16.0. The van der Waals surface area contributed by atoms with E-state index in [-0.39, 0.29) is 0 Å². The van der Waals surface area contributed by atoms with Crippen molar-refractivity contribution >= 4 is 17.6 Å². The Morgan fingerprint density at radius 3 is 2.67 bits per heavy atom. The Balaban J connectivity index is 1.72. The number of aromatic nitrogens is 3. The third-order valence-electron chi connectivity index (χ3n) is 3.99. The van der Waals surface area contributed by atoms with E-state index in [0.29, 0.717) is 11.5 Å². The Hall–Kier alpha value is -2.88. The highest BCUT2D eigenvalue weighted by molar-refractivity contribution is 5.55. The van der Waals surface area contributed by atoms with Crippen molar-refractivity contribution in [2.45, 2.75) is 13.8 Å². The van der Waals surface area contributed by atoms with E-state index in [9.17, 15) is 5.26 Å². The van der Waals surface area contributed by atoms with Crippen LogP contribution in [0, 0.1) is 18.3 Å². The van der Waals surface area contributed by atoms with Gasteiger partial charge in [0, 0.05) is 50.7 Å². The average molecular weight is 323 g/mol. The summed E-state index contributed by atoms with van der Waals surface area (Å²) in [6, 6.07) is 7.84. The number of anilines is 3. The van der Waals surface area contributed by atoms with E-state index in [1.807, 2.05) is 26.0 Å². The minimum absolute atomic E-state index is 0.623. The van der Waals surface area contributed by atoms with Crippen LogP contribution in [0.2, 0.25) is 0 Å². The normalized spacial score (nSPS) is 14.4. The first-order chi connectivity index (χ1) is 11.7. The molecule has 0 unspecified atom stereocenters. The van der Waals surface area contributed by atoms with Crippen LogP contribution < -0.4 is 15.1 Å². The summed E-state index contributed by atoms with van der Waals surface area (Å²) in [5, 5.41) is 12.4. The zero-order valence-electron chi connectivity index (χ0n) is 14.0. The van der Waals surface area contributed by atoms with Gasteiger partial charge in [-0.15, -0.1) is 0 Å². The molecule has 7 nitrogen and oxygen atoms in total. The van der Waals surface area contributed by atoms with E-state index in [1.165, 1.54) is 0 Å². The molecule has 124 valence electrons. The van der Waals surface area contributed by atoms with Crippen LogP contribution >= 0.6 is 0 Å². The number of nitriles is 1. The highest BCUT2D eigenvalue weighted by atomic mass is 15.3. The zero-order chi connectivity index (χ0) is 16.9. The van der Waals surface area contributed by atoms with Crippen molar-refractivity contribution in [2.75, 3.05) is 47.8 Å². The number of rotatable bonds is 4. The summed E-state index contributed by atoms with van der Waals surface area (Å²) >= 11 is 0. The van der Waals surface area contributed by atoms with E-state index < -0.39 is 0 Å². The van der Waals surface area contributed by atoms with Gasteiger partial charge in [0.1, 0.15) is 17.7 Å². The van der Waals surface area contributed by atoms with Gasteiger partial charge in [-0.2, -0.15) is 10.2 Å². The number of pyridine rings is 1. The fraction of sp³-hybridized carbons (Fsp3) is 0.412. The lowest BCUT2D eigenvalue weighted by molar-refractivity contribution is 0.640. The maximum absolute atomic E-state index is 9.24. The number of hydrogen-bond donors (Lipinski definition) is 1. The first-order valence-corrected chi connectivity index (χ1v) is 8.16. The molecule has 0 aliphatic carbocycles. The number of nitrogens with one attached hydrogen (secondary N) is 1. The van der Waals surface area contributed by atoms with Gasteiger partial charge in [0.25, 0.3) is 0 Å². The third kappa shape index (κ3) is 3.38. The van der Waals surface area contributed by atoms with Crippen LogP contribution in [0.5, 0.6) is 0 Å². The van der Waals surface area contributed by atoms with Gasteiger partial charge in [0.2, 0.25) is 5.95 Å². The summed E-state index contributed by atoms with van der Waals surface area (Å²) < 4.78 is 0. The van der Waals surface area contributed by atoms with Crippen LogP contribution in [0.4, 0.5) is 17.6 Å². The number of nitrogens with zero attached hydrogens (tertiary/aromatic N) is 6. The van der Waals surface area contributed by atoms with Crippen LogP contribution in [-0.4, -0.2) is 47.7 Å². The minimum Gasteiger partial charge on any atom is -0.354 e. The highest BCUT2D eigenvalue weighted by Crippen LogP contribution is 2.21. The van der Waals surface area contributed by atoms with Crippen LogP contribution in [0.1, 0.15) is 18.2 Å². The van der Waals surface area contributed by atoms with Gasteiger partial charge < -0.3 is 15.1 Å². The molecule has 0 radical (unpaired) electrons. The van der Waals surface area contributed by atoms with Gasteiger partial charge >= 0.3 is 0 Å². The maximum Gasteiger partial charge on any atom is 0.224 e. The summed E-state index contributed by atoms with van der Waals surface area (Å²) in [6.45, 7) is 8.11. The van der Waals surface area contributed by atoms with E-state index in [2.05, 4.69) is 36.1 Å². The monoisotopic (exact) mass is 323 g/mol. The number of hydrogen-bond acceptors (Lipinski definition) is 7. The molecule has 0 atom stereocenters. The summed E-state index contributed by atoms with van der Waals surface area (Å²) in [4.78, 5) is 17.8. The molecule has 1 fully saturated rings. The Kier molecular flexibility index (Phi) is 4.75. The lowest BCUT2D eigenvalue weighted by atomic mass is 10.2. The second kappa shape index (κ2) is 7.13. The molecule has 1 saturated heterocycles. The second-order valence-corrected chi connectivity index (χ2v) is 5.68. The molecule has 7 heteroatoms. The van der Waals surface area contributed by atoms with Crippen molar-refractivity contribution in [1.29, 1.82) is 5.26 Å². The van der Waals surface area contributed by atoms with Gasteiger partial charge in [0.05, 0.1) is 5.56 Å². The fourth-order valence-corrected chi connectivity index (χ4v) is 2.83. The van der Waals surface area contributed by atoms with E-state index in [0.717, 1.165) is 50.1 Å². The van der Waals surface area contributed by atoms with Crippen LogP contribution in [-0.2, 0) is 0 Å². The SMILES string of the molecule is CCNc1nc(C)cc(N2CCN(c3ncccc3C#N)CC2)n1. The van der Waals surface area contributed by atoms with E-state index >= 15 is 0 Å². The molecule has 2 aromatic heterocycles. The standard InChI is InChI=1S/C17H21N7/c1-3-19-17-21-13(2)11-15(22-17)23-7-9-24(10-8-23)16-14(12-18)5-4-6-20-16/h4-6,11H,3,7-10H2,1-2H3,(H,19,21,22). The average Bonchev–Trinajstić information content (AvgIpc) is 2.61. The lowest BCUT2D eigenvalue weighted by Gasteiger charge is -2.36. The molecule has 1 aliphatic heterocycles. The van der Waals surface area contributed by atoms with Gasteiger partial charge in [-0.3, -0.25) is 0 Å². The van der Waals surface area contributed by atoms with E-state index in [4.69, 9.17) is 0 Å². The molecule has 3 heterocycles. The summed E-state index contributed by atoms with van der Waals surface area (Å²) in [5.74, 6) is 2.39. The summed E-state index contributed by atoms with van der Waals surface area (Å²) in [7, 11) is 0. The Bertz CT molecular complexity index is 745. The third-order valence-corrected chi connectivity index (χ3v) is 3.99. The molecule has 0 aromatic carbocycles. The largest absolute Gasteiger partial charge is 0.354 e. The van der Waals surface area contributed by atoms with Crippen LogP contribution in [0.3, 0.4) is 0 Å². The van der Waals surface area contributed by atoms with Crippen molar-refractivity contribution in [1.82, 2.24) is 15.0 Å². The molecule has 24 heavy (non-hydrogen) atoms. The predicted molar refractivity (Wildman–Crippen MR) is 94.3 cm³/mol. The predicted octanol–water partition coefficient (Wildman–Crippen LogP) is 1.81. The summed E-state index contributed by atoms with van der Waals surface area (Å²) in [6.07, 6.45) is 1.74. The number of aryl methyl sites for hydroxylation is 1. The van der Waals surface area contributed by atoms with Crippen molar-refractivity contribution < 1.29 is 0 Å². The van der Waals surface area contributed by atoms with Crippen molar-refractivity contribution in [3.8, 4) is 6.07 Å². The van der Waals surface area contributed by atoms with Crippen molar-refractivity contribution in [2.24, 2.45) is 0 Å². The first-order valence-electron chi connectivity index (χ1n) is 8.16. The molecule has 0 bridgehead atoms. The Morgan fingerprint density at radius 2 is 1.96 bits per heavy atom. The second-order valence-electron chi connectivity index (χ2n) is 5.68. The molecular weight excluding hydrogens is 302 g/mol. The molecule has 1 N–H and O–H groups in total. The lowest BCUT2D eigenvalue weighted by Crippen LogP contribution is -2.47. The van der Waals surface area contributed by atoms with Crippen molar-refractivity contribution in [3.05, 3.63) is 35.7 Å². The number of piperazine rings is 1. The van der Waals surface area contributed by atoms with Crippen molar-refractivity contribution in [3.63, 3.8) is 0 Å². The van der Waals surface area contributed by atoms with E-state index in [1.54, 1.807) is 12.3 Å². The topological polar surface area (TPSA) is 81.0 Å². The van der Waals surface area contributed by atoms with Gasteiger partial charge in [-0.05, 0) is 26.0 Å². The van der Waals surface area contributed by atoms with Gasteiger partial charge in [-0.1, -0.05) is 0 Å². The molecule has 3 rings (SSSR count). The molecular formula is C17H21N7. The molecule has 0 saturated carbocycles. The maximum atomic E-state index is 9.24. The smallest absolute Gasteiger partial charge is 0.224 e. The fourth-order valence-electron chi connectivity index (χ4n) is 2.83. The van der Waals surface area contributed by atoms with Crippen LogP contribution in [0.25, 0.3) is 0 Å².